The highest BCUT2D eigenvalue weighted by atomic mass is 16.3. The Morgan fingerprint density at radius 3 is 2.37 bits per heavy atom. The number of phenolic OH excluding ortho intramolecular Hbond substituents is 3. The van der Waals surface area contributed by atoms with E-state index in [9.17, 15) is 15.3 Å². The summed E-state index contributed by atoms with van der Waals surface area (Å²) in [5.74, 6) is 0.0460. The van der Waals surface area contributed by atoms with Crippen LogP contribution in [0.25, 0.3) is 0 Å². The van der Waals surface area contributed by atoms with Crippen molar-refractivity contribution in [1.82, 2.24) is 5.32 Å². The second-order valence-electron chi connectivity index (χ2n) is 4.77. The fourth-order valence-electron chi connectivity index (χ4n) is 2.55. The van der Waals surface area contributed by atoms with E-state index in [0.29, 0.717) is 0 Å². The molecule has 4 heteroatoms. The Morgan fingerprint density at radius 1 is 0.947 bits per heavy atom. The molecule has 2 aromatic carbocycles. The largest absolute Gasteiger partial charge is 0.508 e. The molecule has 4 N–H and O–H groups in total. The Kier molecular flexibility index (Phi) is 2.80. The minimum absolute atomic E-state index is 0.0316. The van der Waals surface area contributed by atoms with Gasteiger partial charge >= 0.3 is 0 Å². The number of nitrogens with one attached hydrogen (secondary N) is 1. The minimum atomic E-state index is -0.105. The predicted molar refractivity (Wildman–Crippen MR) is 71.4 cm³/mol. The van der Waals surface area contributed by atoms with Crippen LogP contribution in [0, 0.1) is 0 Å². The number of benzene rings is 2. The summed E-state index contributed by atoms with van der Waals surface area (Å²) in [5, 5.41) is 32.0. The van der Waals surface area contributed by atoms with Crippen LogP contribution >= 0.6 is 0 Å². The lowest BCUT2D eigenvalue weighted by Gasteiger charge is -2.27. The molecular weight excluding hydrogens is 242 g/mol. The highest BCUT2D eigenvalue weighted by Crippen LogP contribution is 2.36. The van der Waals surface area contributed by atoms with Crippen LogP contribution < -0.4 is 5.32 Å². The molecule has 3 rings (SSSR count). The highest BCUT2D eigenvalue weighted by Gasteiger charge is 2.23. The topological polar surface area (TPSA) is 72.7 Å². The first-order valence-corrected chi connectivity index (χ1v) is 6.22. The predicted octanol–water partition coefficient (Wildman–Crippen LogP) is 2.04. The van der Waals surface area contributed by atoms with Gasteiger partial charge in [-0.05, 0) is 47.4 Å². The van der Waals surface area contributed by atoms with Crippen LogP contribution in [0.5, 0.6) is 17.2 Å². The van der Waals surface area contributed by atoms with Crippen LogP contribution in [0.15, 0.2) is 36.4 Å². The molecule has 0 saturated carbocycles. The van der Waals surface area contributed by atoms with E-state index in [1.54, 1.807) is 24.3 Å². The third-order valence-corrected chi connectivity index (χ3v) is 3.52. The van der Waals surface area contributed by atoms with Crippen molar-refractivity contribution in [3.8, 4) is 17.2 Å². The summed E-state index contributed by atoms with van der Waals surface area (Å²) >= 11 is 0. The molecule has 1 aliphatic heterocycles. The molecule has 0 fully saturated rings. The van der Waals surface area contributed by atoms with Crippen molar-refractivity contribution in [2.24, 2.45) is 0 Å². The molecule has 4 nitrogen and oxygen atoms in total. The van der Waals surface area contributed by atoms with Crippen LogP contribution in [0.3, 0.4) is 0 Å². The number of rotatable bonds is 1. The molecule has 0 radical (unpaired) electrons. The molecule has 0 amide bonds. The van der Waals surface area contributed by atoms with E-state index < -0.39 is 0 Å². The molecule has 0 spiro atoms. The van der Waals surface area contributed by atoms with Crippen LogP contribution in [0.2, 0.25) is 0 Å². The normalized spacial score (nSPS) is 18.0. The summed E-state index contributed by atoms with van der Waals surface area (Å²) in [5.41, 5.74) is 3.02. The fourth-order valence-corrected chi connectivity index (χ4v) is 2.55. The van der Waals surface area contributed by atoms with Gasteiger partial charge in [0.05, 0.1) is 6.04 Å². The van der Waals surface area contributed by atoms with Gasteiger partial charge in [0.1, 0.15) is 5.75 Å². The Bertz CT molecular complexity index is 608. The molecule has 98 valence electrons. The first kappa shape index (κ1) is 11.9. The molecule has 0 saturated heterocycles. The van der Waals surface area contributed by atoms with Gasteiger partial charge in [0.15, 0.2) is 11.5 Å². The van der Waals surface area contributed by atoms with Gasteiger partial charge in [-0.2, -0.15) is 0 Å². The van der Waals surface area contributed by atoms with Crippen molar-refractivity contribution in [2.75, 3.05) is 6.54 Å². The maximum atomic E-state index is 9.67. The average molecular weight is 257 g/mol. The van der Waals surface area contributed by atoms with Crippen LogP contribution in [0.1, 0.15) is 22.7 Å². The summed E-state index contributed by atoms with van der Waals surface area (Å²) in [7, 11) is 0. The quantitative estimate of drug-likeness (QED) is 0.590. The molecule has 1 atom stereocenters. The Balaban J connectivity index is 2.07. The van der Waals surface area contributed by atoms with Gasteiger partial charge in [-0.15, -0.1) is 0 Å². The van der Waals surface area contributed by atoms with Crippen molar-refractivity contribution >= 4 is 0 Å². The Labute approximate surface area is 111 Å². The Hall–Kier alpha value is -2.20. The van der Waals surface area contributed by atoms with Crippen molar-refractivity contribution < 1.29 is 15.3 Å². The molecule has 1 heterocycles. The van der Waals surface area contributed by atoms with E-state index in [1.807, 2.05) is 12.1 Å². The lowest BCUT2D eigenvalue weighted by atomic mass is 9.89. The first-order valence-electron chi connectivity index (χ1n) is 6.22. The Morgan fingerprint density at radius 2 is 1.63 bits per heavy atom. The first-order chi connectivity index (χ1) is 9.15. The summed E-state index contributed by atoms with van der Waals surface area (Å²) in [6.45, 7) is 0.808. The van der Waals surface area contributed by atoms with Gasteiger partial charge in [0, 0.05) is 6.54 Å². The number of hydrogen-bond donors (Lipinski definition) is 4. The van der Waals surface area contributed by atoms with E-state index in [-0.39, 0.29) is 23.3 Å². The maximum Gasteiger partial charge on any atom is 0.157 e. The molecule has 2 aromatic rings. The van der Waals surface area contributed by atoms with Crippen LogP contribution in [-0.4, -0.2) is 21.9 Å². The highest BCUT2D eigenvalue weighted by molar-refractivity contribution is 5.50. The molecule has 0 aliphatic carbocycles. The van der Waals surface area contributed by atoms with Crippen molar-refractivity contribution in [3.63, 3.8) is 0 Å². The zero-order valence-electron chi connectivity index (χ0n) is 10.3. The van der Waals surface area contributed by atoms with Crippen molar-refractivity contribution in [2.45, 2.75) is 12.5 Å². The molecule has 0 unspecified atom stereocenters. The van der Waals surface area contributed by atoms with E-state index >= 15 is 0 Å². The summed E-state index contributed by atoms with van der Waals surface area (Å²) in [6, 6.07) is 10.2. The van der Waals surface area contributed by atoms with Crippen molar-refractivity contribution in [3.05, 3.63) is 53.1 Å². The van der Waals surface area contributed by atoms with E-state index in [0.717, 1.165) is 29.7 Å². The summed E-state index contributed by atoms with van der Waals surface area (Å²) in [4.78, 5) is 0. The number of aromatic hydroxyl groups is 3. The van der Waals surface area contributed by atoms with E-state index in [4.69, 9.17) is 0 Å². The monoisotopic (exact) mass is 257 g/mol. The lowest BCUT2D eigenvalue weighted by Crippen LogP contribution is -2.30. The second kappa shape index (κ2) is 4.48. The number of phenols is 3. The average Bonchev–Trinajstić information content (AvgIpc) is 2.41. The minimum Gasteiger partial charge on any atom is -0.508 e. The number of fused-ring (bicyclic) bond motifs is 1. The second-order valence-corrected chi connectivity index (χ2v) is 4.77. The van der Waals surface area contributed by atoms with E-state index in [2.05, 4.69) is 5.32 Å². The molecule has 0 aromatic heterocycles. The molecule has 1 aliphatic rings. The zero-order chi connectivity index (χ0) is 13.4. The standard InChI is InChI=1S/C15H15NO3/c17-11-3-1-9(2-4-11)15-12-8-14(19)13(18)7-10(12)5-6-16-15/h1-4,7-8,15-19H,5-6H2/t15-/m1/s1. The van der Waals surface area contributed by atoms with Gasteiger partial charge < -0.3 is 20.6 Å². The summed E-state index contributed by atoms with van der Waals surface area (Å²) in [6.07, 6.45) is 0.817. The molecular formula is C15H15NO3. The maximum absolute atomic E-state index is 9.67. The van der Waals surface area contributed by atoms with Gasteiger partial charge in [-0.3, -0.25) is 0 Å². The third kappa shape index (κ3) is 2.11. The SMILES string of the molecule is Oc1ccc([C@H]2NCCc3cc(O)c(O)cc32)cc1. The van der Waals surface area contributed by atoms with Gasteiger partial charge in [-0.25, -0.2) is 0 Å². The van der Waals surface area contributed by atoms with Crippen LogP contribution in [-0.2, 0) is 6.42 Å². The lowest BCUT2D eigenvalue weighted by molar-refractivity contribution is 0.400. The van der Waals surface area contributed by atoms with Gasteiger partial charge in [0.2, 0.25) is 0 Å². The summed E-state index contributed by atoms with van der Waals surface area (Å²) < 4.78 is 0. The van der Waals surface area contributed by atoms with Crippen LogP contribution in [0.4, 0.5) is 0 Å². The molecule has 19 heavy (non-hydrogen) atoms. The zero-order valence-corrected chi connectivity index (χ0v) is 10.3. The van der Waals surface area contributed by atoms with Gasteiger partial charge in [-0.1, -0.05) is 12.1 Å². The van der Waals surface area contributed by atoms with E-state index in [1.165, 1.54) is 0 Å². The number of hydrogen-bond acceptors (Lipinski definition) is 4. The fraction of sp³-hybridized carbons (Fsp3) is 0.200. The molecule has 0 bridgehead atoms. The third-order valence-electron chi connectivity index (χ3n) is 3.52. The van der Waals surface area contributed by atoms with Gasteiger partial charge in [0.25, 0.3) is 0 Å². The smallest absolute Gasteiger partial charge is 0.157 e. The van der Waals surface area contributed by atoms with Crippen molar-refractivity contribution in [1.29, 1.82) is 0 Å².